The lowest BCUT2D eigenvalue weighted by Gasteiger charge is -2.18. The Kier molecular flexibility index (Phi) is 6.72. The van der Waals surface area contributed by atoms with Gasteiger partial charge in [-0.05, 0) is 44.0 Å². The van der Waals surface area contributed by atoms with Crippen LogP contribution in [0.1, 0.15) is 56.5 Å². The van der Waals surface area contributed by atoms with Crippen LogP contribution in [0.25, 0.3) is 0 Å². The third-order valence-electron chi connectivity index (χ3n) is 4.40. The lowest BCUT2D eigenvalue weighted by atomic mass is 9.86. The number of rotatable bonds is 7. The van der Waals surface area contributed by atoms with E-state index in [-0.39, 0.29) is 11.2 Å². The fourth-order valence-electron chi connectivity index (χ4n) is 3.05. The predicted molar refractivity (Wildman–Crippen MR) is 102 cm³/mol. The Morgan fingerprint density at radius 1 is 1.26 bits per heavy atom. The Bertz CT molecular complexity index is 515. The van der Waals surface area contributed by atoms with Gasteiger partial charge in [-0.2, -0.15) is 11.8 Å². The number of ketones is 1. The zero-order valence-corrected chi connectivity index (χ0v) is 15.9. The molecule has 1 atom stereocenters. The zero-order chi connectivity index (χ0) is 16.9. The standard InChI is InChI=1S/C20H31NOS/c1-16(23-13-12-21-10-5-6-11-21)14-17-8-7-9-18(15-17)19(22)20(2,3)4/h7-9,15-16H,5-6,10-14H2,1-4H3. The molecule has 1 aliphatic rings. The van der Waals surface area contributed by atoms with Crippen molar-refractivity contribution in [1.29, 1.82) is 0 Å². The maximum absolute atomic E-state index is 12.4. The van der Waals surface area contributed by atoms with Gasteiger partial charge in [-0.25, -0.2) is 0 Å². The quantitative estimate of drug-likeness (QED) is 0.676. The van der Waals surface area contributed by atoms with Crippen LogP contribution in [0.2, 0.25) is 0 Å². The molecule has 0 amide bonds. The zero-order valence-electron chi connectivity index (χ0n) is 15.1. The van der Waals surface area contributed by atoms with Crippen molar-refractivity contribution in [2.24, 2.45) is 5.41 Å². The molecule has 128 valence electrons. The Hall–Kier alpha value is -0.800. The van der Waals surface area contributed by atoms with Crippen LogP contribution in [0.4, 0.5) is 0 Å². The Balaban J connectivity index is 1.83. The summed E-state index contributed by atoms with van der Waals surface area (Å²) in [6, 6.07) is 8.21. The van der Waals surface area contributed by atoms with Gasteiger partial charge in [0.05, 0.1) is 0 Å². The Morgan fingerprint density at radius 3 is 2.61 bits per heavy atom. The average molecular weight is 334 g/mol. The number of hydrogen-bond acceptors (Lipinski definition) is 3. The normalized spacial score (nSPS) is 17.4. The van der Waals surface area contributed by atoms with Crippen LogP contribution < -0.4 is 0 Å². The van der Waals surface area contributed by atoms with Crippen molar-refractivity contribution in [2.45, 2.75) is 52.2 Å². The summed E-state index contributed by atoms with van der Waals surface area (Å²) in [5.74, 6) is 1.44. The van der Waals surface area contributed by atoms with E-state index in [1.807, 2.05) is 32.9 Å². The van der Waals surface area contributed by atoms with Gasteiger partial charge >= 0.3 is 0 Å². The van der Waals surface area contributed by atoms with Crippen molar-refractivity contribution in [3.05, 3.63) is 35.4 Å². The summed E-state index contributed by atoms with van der Waals surface area (Å²) >= 11 is 2.05. The van der Waals surface area contributed by atoms with Crippen molar-refractivity contribution < 1.29 is 4.79 Å². The summed E-state index contributed by atoms with van der Waals surface area (Å²) in [5, 5.41) is 0.595. The molecule has 1 heterocycles. The molecule has 1 fully saturated rings. The SMILES string of the molecule is CC(Cc1cccc(C(=O)C(C)(C)C)c1)SCCN1CCCC1. The van der Waals surface area contributed by atoms with E-state index in [4.69, 9.17) is 0 Å². The first-order valence-corrected chi connectivity index (χ1v) is 9.89. The van der Waals surface area contributed by atoms with Gasteiger partial charge in [-0.1, -0.05) is 45.9 Å². The van der Waals surface area contributed by atoms with E-state index in [1.165, 1.54) is 43.8 Å². The number of hydrogen-bond donors (Lipinski definition) is 0. The average Bonchev–Trinajstić information content (AvgIpc) is 2.99. The third kappa shape index (κ3) is 5.96. The molecule has 2 nitrogen and oxygen atoms in total. The van der Waals surface area contributed by atoms with Gasteiger partial charge in [0.2, 0.25) is 0 Å². The number of carbonyl (C=O) groups excluding carboxylic acids is 1. The topological polar surface area (TPSA) is 20.3 Å². The largest absolute Gasteiger partial charge is 0.303 e. The first kappa shape index (κ1) is 18.5. The first-order chi connectivity index (χ1) is 10.9. The van der Waals surface area contributed by atoms with Crippen molar-refractivity contribution in [3.8, 4) is 0 Å². The van der Waals surface area contributed by atoms with E-state index in [0.29, 0.717) is 5.25 Å². The van der Waals surface area contributed by atoms with Crippen molar-refractivity contribution in [1.82, 2.24) is 4.90 Å². The molecule has 1 aliphatic heterocycles. The summed E-state index contributed by atoms with van der Waals surface area (Å²) in [6.07, 6.45) is 3.78. The molecular weight excluding hydrogens is 302 g/mol. The fourth-order valence-corrected chi connectivity index (χ4v) is 4.13. The minimum absolute atomic E-state index is 0.230. The lowest BCUT2D eigenvalue weighted by Crippen LogP contribution is -2.22. The minimum atomic E-state index is -0.311. The van der Waals surface area contributed by atoms with Crippen molar-refractivity contribution in [2.75, 3.05) is 25.4 Å². The second-order valence-electron chi connectivity index (χ2n) is 7.71. The van der Waals surface area contributed by atoms with E-state index >= 15 is 0 Å². The highest BCUT2D eigenvalue weighted by atomic mass is 32.2. The Morgan fingerprint density at radius 2 is 1.96 bits per heavy atom. The molecule has 0 saturated carbocycles. The van der Waals surface area contributed by atoms with E-state index in [1.54, 1.807) is 0 Å². The summed E-state index contributed by atoms with van der Waals surface area (Å²) in [6.45, 7) is 12.0. The monoisotopic (exact) mass is 333 g/mol. The number of Topliss-reactive ketones (excluding diaryl/α,β-unsaturated/α-hetero) is 1. The van der Waals surface area contributed by atoms with Gasteiger partial charge in [0.25, 0.3) is 0 Å². The number of thioether (sulfide) groups is 1. The first-order valence-electron chi connectivity index (χ1n) is 8.84. The molecule has 3 heteroatoms. The second kappa shape index (κ2) is 8.34. The molecule has 0 bridgehead atoms. The van der Waals surface area contributed by atoms with E-state index in [2.05, 4.69) is 35.7 Å². The van der Waals surface area contributed by atoms with Crippen LogP contribution in [0.5, 0.6) is 0 Å². The maximum atomic E-state index is 12.4. The highest BCUT2D eigenvalue weighted by Gasteiger charge is 2.23. The number of nitrogens with zero attached hydrogens (tertiary/aromatic N) is 1. The van der Waals surface area contributed by atoms with Gasteiger partial charge in [0.1, 0.15) is 0 Å². The molecular formula is C20H31NOS. The molecule has 0 aromatic heterocycles. The van der Waals surface area contributed by atoms with Gasteiger partial charge in [0, 0.05) is 28.5 Å². The lowest BCUT2D eigenvalue weighted by molar-refractivity contribution is 0.0858. The highest BCUT2D eigenvalue weighted by Crippen LogP contribution is 2.23. The molecule has 0 spiro atoms. The van der Waals surface area contributed by atoms with E-state index < -0.39 is 0 Å². The van der Waals surface area contributed by atoms with Gasteiger partial charge in [-0.15, -0.1) is 0 Å². The van der Waals surface area contributed by atoms with Crippen LogP contribution in [-0.4, -0.2) is 41.3 Å². The van der Waals surface area contributed by atoms with Crippen LogP contribution in [0.3, 0.4) is 0 Å². The molecule has 1 aromatic rings. The number of carbonyl (C=O) groups is 1. The minimum Gasteiger partial charge on any atom is -0.303 e. The predicted octanol–water partition coefficient (Wildman–Crippen LogP) is 4.68. The van der Waals surface area contributed by atoms with Gasteiger partial charge in [-0.3, -0.25) is 4.79 Å². The van der Waals surface area contributed by atoms with E-state index in [9.17, 15) is 4.79 Å². The smallest absolute Gasteiger partial charge is 0.168 e. The molecule has 0 aliphatic carbocycles. The molecule has 2 rings (SSSR count). The molecule has 1 unspecified atom stereocenters. The maximum Gasteiger partial charge on any atom is 0.168 e. The highest BCUT2D eigenvalue weighted by molar-refractivity contribution is 7.99. The van der Waals surface area contributed by atoms with Crippen molar-refractivity contribution in [3.63, 3.8) is 0 Å². The molecule has 23 heavy (non-hydrogen) atoms. The summed E-state index contributed by atoms with van der Waals surface area (Å²) in [5.41, 5.74) is 1.82. The van der Waals surface area contributed by atoms with Gasteiger partial charge in [0.15, 0.2) is 5.78 Å². The van der Waals surface area contributed by atoms with E-state index in [0.717, 1.165) is 12.0 Å². The molecule has 0 radical (unpaired) electrons. The Labute approximate surface area is 146 Å². The number of likely N-dealkylation sites (tertiary alicyclic amines) is 1. The van der Waals surface area contributed by atoms with Gasteiger partial charge < -0.3 is 4.90 Å². The van der Waals surface area contributed by atoms with Crippen LogP contribution in [-0.2, 0) is 6.42 Å². The second-order valence-corrected chi connectivity index (χ2v) is 9.26. The third-order valence-corrected chi connectivity index (χ3v) is 5.56. The molecule has 1 saturated heterocycles. The van der Waals surface area contributed by atoms with Crippen LogP contribution in [0.15, 0.2) is 24.3 Å². The van der Waals surface area contributed by atoms with Crippen LogP contribution in [0, 0.1) is 5.41 Å². The summed E-state index contributed by atoms with van der Waals surface area (Å²) in [4.78, 5) is 15.0. The molecule has 0 N–H and O–H groups in total. The number of benzene rings is 1. The van der Waals surface area contributed by atoms with Crippen molar-refractivity contribution >= 4 is 17.5 Å². The van der Waals surface area contributed by atoms with Crippen LogP contribution >= 0.6 is 11.8 Å². The molecule has 1 aromatic carbocycles. The summed E-state index contributed by atoms with van der Waals surface area (Å²) in [7, 11) is 0. The summed E-state index contributed by atoms with van der Waals surface area (Å²) < 4.78 is 0. The fraction of sp³-hybridized carbons (Fsp3) is 0.650.